The summed E-state index contributed by atoms with van der Waals surface area (Å²) in [6.45, 7) is 6.24. The van der Waals surface area contributed by atoms with Crippen LogP contribution in [-0.2, 0) is 6.54 Å². The minimum atomic E-state index is 0.162. The first-order valence-corrected chi connectivity index (χ1v) is 9.78. The predicted octanol–water partition coefficient (Wildman–Crippen LogP) is 4.27. The van der Waals surface area contributed by atoms with Gasteiger partial charge in [-0.15, -0.1) is 11.3 Å². The smallest absolute Gasteiger partial charge is 0.264 e. The summed E-state index contributed by atoms with van der Waals surface area (Å²) in [5.41, 5.74) is 2.39. The van der Waals surface area contributed by atoms with Crippen LogP contribution in [0, 0.1) is 6.92 Å². The molecular weight excluding hydrogens is 344 g/mol. The summed E-state index contributed by atoms with van der Waals surface area (Å²) < 4.78 is 5.73. The van der Waals surface area contributed by atoms with Crippen LogP contribution < -0.4 is 0 Å². The second kappa shape index (κ2) is 7.48. The number of piperazine rings is 1. The topological polar surface area (TPSA) is 36.7 Å². The lowest BCUT2D eigenvalue weighted by Gasteiger charge is -2.34. The summed E-state index contributed by atoms with van der Waals surface area (Å²) >= 11 is 1.52. The Kier molecular flexibility index (Phi) is 4.91. The third-order valence-corrected chi connectivity index (χ3v) is 5.61. The Morgan fingerprint density at radius 3 is 2.62 bits per heavy atom. The first-order chi connectivity index (χ1) is 12.7. The number of hydrogen-bond donors (Lipinski definition) is 0. The van der Waals surface area contributed by atoms with Crippen molar-refractivity contribution in [3.05, 3.63) is 70.1 Å². The number of thiophene rings is 1. The van der Waals surface area contributed by atoms with Crippen molar-refractivity contribution in [2.24, 2.45) is 0 Å². The highest BCUT2D eigenvalue weighted by Crippen LogP contribution is 2.23. The lowest BCUT2D eigenvalue weighted by Crippen LogP contribution is -2.48. The van der Waals surface area contributed by atoms with Gasteiger partial charge >= 0.3 is 0 Å². The third kappa shape index (κ3) is 3.74. The summed E-state index contributed by atoms with van der Waals surface area (Å²) in [4.78, 5) is 17.6. The molecular formula is C21H22N2O2S. The highest BCUT2D eigenvalue weighted by atomic mass is 32.1. The SMILES string of the molecule is Cc1ccc(-c2cccc(CN3CCN(C(=O)c4cccs4)CC3)c2)o1. The highest BCUT2D eigenvalue weighted by Gasteiger charge is 2.22. The summed E-state index contributed by atoms with van der Waals surface area (Å²) in [6.07, 6.45) is 0. The molecule has 0 saturated carbocycles. The molecule has 0 N–H and O–H groups in total. The van der Waals surface area contributed by atoms with E-state index in [-0.39, 0.29) is 5.91 Å². The van der Waals surface area contributed by atoms with E-state index < -0.39 is 0 Å². The monoisotopic (exact) mass is 366 g/mol. The molecule has 1 fully saturated rings. The number of furan rings is 1. The molecule has 0 bridgehead atoms. The van der Waals surface area contributed by atoms with Crippen LogP contribution in [0.2, 0.25) is 0 Å². The summed E-state index contributed by atoms with van der Waals surface area (Å²) in [7, 11) is 0. The Bertz CT molecular complexity index is 877. The fourth-order valence-electron chi connectivity index (χ4n) is 3.34. The maximum Gasteiger partial charge on any atom is 0.264 e. The normalized spacial score (nSPS) is 15.3. The first-order valence-electron chi connectivity index (χ1n) is 8.90. The molecule has 2 aromatic heterocycles. The molecule has 4 nitrogen and oxygen atoms in total. The van der Waals surface area contributed by atoms with Crippen molar-refractivity contribution < 1.29 is 9.21 Å². The highest BCUT2D eigenvalue weighted by molar-refractivity contribution is 7.12. The van der Waals surface area contributed by atoms with Gasteiger partial charge in [-0.2, -0.15) is 0 Å². The molecule has 0 aliphatic carbocycles. The average Bonchev–Trinajstić information content (AvgIpc) is 3.34. The van der Waals surface area contributed by atoms with E-state index in [1.165, 1.54) is 16.9 Å². The van der Waals surface area contributed by atoms with Crippen LogP contribution in [0.5, 0.6) is 0 Å². The molecule has 1 aliphatic heterocycles. The number of nitrogens with zero attached hydrogens (tertiary/aromatic N) is 2. The van der Waals surface area contributed by atoms with Crippen molar-refractivity contribution in [1.82, 2.24) is 9.80 Å². The van der Waals surface area contributed by atoms with E-state index >= 15 is 0 Å². The molecule has 0 atom stereocenters. The van der Waals surface area contributed by atoms with Gasteiger partial charge in [-0.3, -0.25) is 9.69 Å². The number of carbonyl (C=O) groups excluding carboxylic acids is 1. The molecule has 1 aromatic carbocycles. The van der Waals surface area contributed by atoms with Gasteiger partial charge in [0.2, 0.25) is 0 Å². The van der Waals surface area contributed by atoms with Crippen molar-refractivity contribution in [3.63, 3.8) is 0 Å². The van der Waals surface area contributed by atoms with Gasteiger partial charge in [0, 0.05) is 38.3 Å². The molecule has 0 radical (unpaired) electrons. The van der Waals surface area contributed by atoms with E-state index in [9.17, 15) is 4.79 Å². The van der Waals surface area contributed by atoms with Gasteiger partial charge in [-0.1, -0.05) is 24.3 Å². The van der Waals surface area contributed by atoms with Gasteiger partial charge in [-0.05, 0) is 42.1 Å². The number of hydrogen-bond acceptors (Lipinski definition) is 4. The van der Waals surface area contributed by atoms with E-state index in [2.05, 4.69) is 29.2 Å². The molecule has 3 heterocycles. The van der Waals surface area contributed by atoms with Crippen LogP contribution in [0.3, 0.4) is 0 Å². The fraction of sp³-hybridized carbons (Fsp3) is 0.286. The molecule has 4 rings (SSSR count). The van der Waals surface area contributed by atoms with E-state index in [1.54, 1.807) is 0 Å². The van der Waals surface area contributed by atoms with Crippen LogP contribution in [0.1, 0.15) is 21.0 Å². The molecule has 0 unspecified atom stereocenters. The van der Waals surface area contributed by atoms with Gasteiger partial charge in [0.1, 0.15) is 11.5 Å². The van der Waals surface area contributed by atoms with Gasteiger partial charge in [0.15, 0.2) is 0 Å². The van der Waals surface area contributed by atoms with Crippen LogP contribution in [0.25, 0.3) is 11.3 Å². The molecule has 1 saturated heterocycles. The number of carbonyl (C=O) groups is 1. The zero-order chi connectivity index (χ0) is 17.9. The minimum Gasteiger partial charge on any atom is -0.461 e. The van der Waals surface area contributed by atoms with E-state index in [0.717, 1.165) is 54.7 Å². The lowest BCUT2D eigenvalue weighted by atomic mass is 10.1. The second-order valence-corrected chi connectivity index (χ2v) is 7.60. The first kappa shape index (κ1) is 17.1. The van der Waals surface area contributed by atoms with Crippen molar-refractivity contribution >= 4 is 17.2 Å². The lowest BCUT2D eigenvalue weighted by molar-refractivity contribution is 0.0633. The van der Waals surface area contributed by atoms with Crippen molar-refractivity contribution in [2.45, 2.75) is 13.5 Å². The fourth-order valence-corrected chi connectivity index (χ4v) is 4.03. The van der Waals surface area contributed by atoms with Gasteiger partial charge in [0.05, 0.1) is 4.88 Å². The van der Waals surface area contributed by atoms with E-state index in [4.69, 9.17) is 4.42 Å². The largest absolute Gasteiger partial charge is 0.461 e. The van der Waals surface area contributed by atoms with Crippen LogP contribution in [0.15, 0.2) is 58.3 Å². The molecule has 134 valence electrons. The van der Waals surface area contributed by atoms with Crippen molar-refractivity contribution in [3.8, 4) is 11.3 Å². The number of benzene rings is 1. The van der Waals surface area contributed by atoms with Gasteiger partial charge < -0.3 is 9.32 Å². The Morgan fingerprint density at radius 1 is 1.08 bits per heavy atom. The summed E-state index contributed by atoms with van der Waals surface area (Å²) in [6, 6.07) is 16.4. The molecule has 1 amide bonds. The summed E-state index contributed by atoms with van der Waals surface area (Å²) in [5, 5.41) is 1.96. The molecule has 3 aromatic rings. The molecule has 0 spiro atoms. The average molecular weight is 366 g/mol. The number of amides is 1. The quantitative estimate of drug-likeness (QED) is 0.692. The van der Waals surface area contributed by atoms with Crippen LogP contribution >= 0.6 is 11.3 Å². The van der Waals surface area contributed by atoms with Crippen LogP contribution in [-0.4, -0.2) is 41.9 Å². The Morgan fingerprint density at radius 2 is 1.92 bits per heavy atom. The zero-order valence-electron chi connectivity index (χ0n) is 14.9. The zero-order valence-corrected chi connectivity index (χ0v) is 15.7. The molecule has 26 heavy (non-hydrogen) atoms. The van der Waals surface area contributed by atoms with Gasteiger partial charge in [0.25, 0.3) is 5.91 Å². The number of aryl methyl sites for hydroxylation is 1. The van der Waals surface area contributed by atoms with E-state index in [0.29, 0.717) is 0 Å². The second-order valence-electron chi connectivity index (χ2n) is 6.66. The molecule has 5 heteroatoms. The van der Waals surface area contributed by atoms with E-state index in [1.807, 2.05) is 41.5 Å². The number of rotatable bonds is 4. The maximum atomic E-state index is 12.4. The maximum absolute atomic E-state index is 12.4. The Hall–Kier alpha value is -2.37. The van der Waals surface area contributed by atoms with Crippen LogP contribution in [0.4, 0.5) is 0 Å². The third-order valence-electron chi connectivity index (χ3n) is 4.75. The summed E-state index contributed by atoms with van der Waals surface area (Å²) in [5.74, 6) is 2.00. The van der Waals surface area contributed by atoms with Crippen molar-refractivity contribution in [2.75, 3.05) is 26.2 Å². The minimum absolute atomic E-state index is 0.162. The van der Waals surface area contributed by atoms with Crippen molar-refractivity contribution in [1.29, 1.82) is 0 Å². The Labute approximate surface area is 157 Å². The standard InChI is InChI=1S/C21H22N2O2S/c1-16-7-8-19(25-16)18-5-2-4-17(14-18)15-22-9-11-23(12-10-22)21(24)20-6-3-13-26-20/h2-8,13-14H,9-12,15H2,1H3. The van der Waals surface area contributed by atoms with Gasteiger partial charge in [-0.25, -0.2) is 0 Å². The predicted molar refractivity (Wildman–Crippen MR) is 104 cm³/mol. The molecule has 1 aliphatic rings. The Balaban J connectivity index is 1.37.